The van der Waals surface area contributed by atoms with Crippen LogP contribution in [0.1, 0.15) is 21.8 Å². The zero-order valence-corrected chi connectivity index (χ0v) is 21.2. The third-order valence-electron chi connectivity index (χ3n) is 7.57. The number of ether oxygens (including phenoxy) is 2. The Morgan fingerprint density at radius 1 is 0.806 bits per heavy atom. The Labute approximate surface area is 214 Å². The molecule has 0 radical (unpaired) electrons. The monoisotopic (exact) mass is 485 g/mol. The van der Waals surface area contributed by atoms with Gasteiger partial charge >= 0.3 is 0 Å². The van der Waals surface area contributed by atoms with Crippen LogP contribution in [0.15, 0.2) is 78.9 Å². The van der Waals surface area contributed by atoms with Gasteiger partial charge in [0, 0.05) is 63.0 Å². The molecule has 2 fully saturated rings. The maximum absolute atomic E-state index is 13.4. The summed E-state index contributed by atoms with van der Waals surface area (Å²) >= 11 is 0. The zero-order valence-electron chi connectivity index (χ0n) is 21.2. The van der Waals surface area contributed by atoms with Crippen molar-refractivity contribution in [1.82, 2.24) is 9.80 Å². The summed E-state index contributed by atoms with van der Waals surface area (Å²) in [5.74, 6) is 2.34. The number of carbonyl (C=O) groups excluding carboxylic acids is 1. The first-order valence-corrected chi connectivity index (χ1v) is 12.7. The number of hydrogen-bond donors (Lipinski definition) is 0. The molecule has 0 aliphatic carbocycles. The van der Waals surface area contributed by atoms with Crippen LogP contribution in [0.5, 0.6) is 11.5 Å². The van der Waals surface area contributed by atoms with Crippen molar-refractivity contribution in [1.29, 1.82) is 0 Å². The third-order valence-corrected chi connectivity index (χ3v) is 7.57. The van der Waals surface area contributed by atoms with E-state index in [0.717, 1.165) is 50.8 Å². The van der Waals surface area contributed by atoms with Crippen LogP contribution in [0.25, 0.3) is 0 Å². The van der Waals surface area contributed by atoms with Crippen LogP contribution in [0, 0.1) is 5.92 Å². The summed E-state index contributed by atoms with van der Waals surface area (Å²) < 4.78 is 10.8. The van der Waals surface area contributed by atoms with Crippen LogP contribution in [-0.2, 0) is 0 Å². The van der Waals surface area contributed by atoms with E-state index in [4.69, 9.17) is 9.47 Å². The molecule has 2 unspecified atom stereocenters. The van der Waals surface area contributed by atoms with E-state index in [0.29, 0.717) is 18.0 Å². The lowest BCUT2D eigenvalue weighted by atomic mass is 9.88. The van der Waals surface area contributed by atoms with Crippen molar-refractivity contribution in [2.75, 3.05) is 64.9 Å². The summed E-state index contributed by atoms with van der Waals surface area (Å²) in [5, 5.41) is 0. The molecule has 0 bridgehead atoms. The quantitative estimate of drug-likeness (QED) is 0.497. The predicted octanol–water partition coefficient (Wildman–Crippen LogP) is 4.38. The van der Waals surface area contributed by atoms with Gasteiger partial charge in [0.1, 0.15) is 11.5 Å². The summed E-state index contributed by atoms with van der Waals surface area (Å²) in [7, 11) is 3.34. The number of hydrogen-bond acceptors (Lipinski definition) is 5. The van der Waals surface area contributed by atoms with Crippen molar-refractivity contribution in [2.24, 2.45) is 5.92 Å². The van der Waals surface area contributed by atoms with Crippen LogP contribution >= 0.6 is 0 Å². The zero-order chi connectivity index (χ0) is 24.9. The smallest absolute Gasteiger partial charge is 0.253 e. The van der Waals surface area contributed by atoms with Gasteiger partial charge < -0.3 is 19.3 Å². The maximum Gasteiger partial charge on any atom is 0.253 e. The Bertz CT molecular complexity index is 1140. The number of nitrogens with zero attached hydrogens (tertiary/aromatic N) is 3. The number of anilines is 1. The highest BCUT2D eigenvalue weighted by Gasteiger charge is 2.38. The molecule has 6 heteroatoms. The highest BCUT2D eigenvalue weighted by atomic mass is 16.5. The van der Waals surface area contributed by atoms with E-state index in [9.17, 15) is 4.79 Å². The molecule has 5 rings (SSSR count). The van der Waals surface area contributed by atoms with Crippen LogP contribution in [-0.4, -0.2) is 75.7 Å². The van der Waals surface area contributed by atoms with Crippen molar-refractivity contribution in [2.45, 2.75) is 5.92 Å². The first-order chi connectivity index (χ1) is 17.6. The standard InChI is InChI=1S/C30H35N3O3/c1-35-27-13-11-23(12-14-27)30(34)33-21-25(29(22-33)24-7-6-10-28(19-24)36-2)20-31-15-17-32(18-16-31)26-8-4-3-5-9-26/h3-14,19,25,29H,15-18,20-22H2,1-2H3. The van der Waals surface area contributed by atoms with E-state index in [1.807, 2.05) is 35.2 Å². The van der Waals surface area contributed by atoms with Gasteiger partial charge in [-0.3, -0.25) is 9.69 Å². The van der Waals surface area contributed by atoms with Crippen LogP contribution in [0.3, 0.4) is 0 Å². The summed E-state index contributed by atoms with van der Waals surface area (Å²) in [6, 6.07) is 26.4. The molecule has 3 aromatic carbocycles. The summed E-state index contributed by atoms with van der Waals surface area (Å²) in [6.45, 7) is 6.56. The van der Waals surface area contributed by atoms with Crippen molar-refractivity contribution >= 4 is 11.6 Å². The minimum atomic E-state index is 0.0851. The first-order valence-electron chi connectivity index (χ1n) is 12.7. The fourth-order valence-electron chi connectivity index (χ4n) is 5.55. The second kappa shape index (κ2) is 11.0. The molecular formula is C30H35N3O3. The highest BCUT2D eigenvalue weighted by molar-refractivity contribution is 5.94. The molecule has 6 nitrogen and oxygen atoms in total. The summed E-state index contributed by atoms with van der Waals surface area (Å²) in [5.41, 5.74) is 3.24. The van der Waals surface area contributed by atoms with Gasteiger partial charge in [-0.25, -0.2) is 0 Å². The van der Waals surface area contributed by atoms with Gasteiger partial charge in [-0.05, 0) is 60.0 Å². The molecule has 1 amide bonds. The molecule has 2 aliphatic rings. The normalized spacial score (nSPS) is 20.4. The van der Waals surface area contributed by atoms with Crippen LogP contribution in [0.2, 0.25) is 0 Å². The second-order valence-electron chi connectivity index (χ2n) is 9.71. The topological polar surface area (TPSA) is 45.2 Å². The van der Waals surface area contributed by atoms with Crippen molar-refractivity contribution < 1.29 is 14.3 Å². The van der Waals surface area contributed by atoms with E-state index in [1.165, 1.54) is 11.3 Å². The number of para-hydroxylation sites is 1. The molecule has 2 atom stereocenters. The lowest BCUT2D eigenvalue weighted by Gasteiger charge is -2.37. The van der Waals surface area contributed by atoms with Gasteiger partial charge in [-0.2, -0.15) is 0 Å². The molecule has 3 aromatic rings. The second-order valence-corrected chi connectivity index (χ2v) is 9.71. The maximum atomic E-state index is 13.4. The summed E-state index contributed by atoms with van der Waals surface area (Å²) in [4.78, 5) is 20.5. The minimum Gasteiger partial charge on any atom is -0.497 e. The van der Waals surface area contributed by atoms with Gasteiger partial charge in [0.25, 0.3) is 5.91 Å². The Kier molecular flexibility index (Phi) is 7.42. The summed E-state index contributed by atoms with van der Waals surface area (Å²) in [6.07, 6.45) is 0. The van der Waals surface area contributed by atoms with Gasteiger partial charge in [0.2, 0.25) is 0 Å². The Morgan fingerprint density at radius 2 is 1.53 bits per heavy atom. The third kappa shape index (κ3) is 5.34. The van der Waals surface area contributed by atoms with Gasteiger partial charge in [0.05, 0.1) is 14.2 Å². The van der Waals surface area contributed by atoms with Crippen molar-refractivity contribution in [3.63, 3.8) is 0 Å². The lowest BCUT2D eigenvalue weighted by Crippen LogP contribution is -2.48. The van der Waals surface area contributed by atoms with Crippen molar-refractivity contribution in [3.8, 4) is 11.5 Å². The number of rotatable bonds is 7. The van der Waals surface area contributed by atoms with E-state index >= 15 is 0 Å². The molecule has 36 heavy (non-hydrogen) atoms. The minimum absolute atomic E-state index is 0.0851. The fraction of sp³-hybridized carbons (Fsp3) is 0.367. The lowest BCUT2D eigenvalue weighted by molar-refractivity contribution is 0.0782. The van der Waals surface area contributed by atoms with Crippen molar-refractivity contribution in [3.05, 3.63) is 90.0 Å². The highest BCUT2D eigenvalue weighted by Crippen LogP contribution is 2.36. The van der Waals surface area contributed by atoms with Gasteiger partial charge in [-0.15, -0.1) is 0 Å². The Balaban J connectivity index is 1.30. The Hall–Kier alpha value is -3.51. The molecule has 188 valence electrons. The molecule has 2 saturated heterocycles. The molecule has 0 spiro atoms. The van der Waals surface area contributed by atoms with E-state index in [-0.39, 0.29) is 11.8 Å². The van der Waals surface area contributed by atoms with E-state index < -0.39 is 0 Å². The SMILES string of the molecule is COc1ccc(C(=O)N2CC(CN3CCN(c4ccccc4)CC3)C(c3cccc(OC)c3)C2)cc1. The first kappa shape index (κ1) is 24.2. The largest absolute Gasteiger partial charge is 0.497 e. The number of likely N-dealkylation sites (tertiary alicyclic amines) is 1. The molecule has 0 saturated carbocycles. The number of piperazine rings is 1. The van der Waals surface area contributed by atoms with E-state index in [1.54, 1.807) is 14.2 Å². The molecule has 2 aliphatic heterocycles. The number of benzene rings is 3. The van der Waals surface area contributed by atoms with Crippen LogP contribution < -0.4 is 14.4 Å². The molecular weight excluding hydrogens is 450 g/mol. The number of methoxy groups -OCH3 is 2. The molecule has 0 aromatic heterocycles. The predicted molar refractivity (Wildman–Crippen MR) is 143 cm³/mol. The molecule has 0 N–H and O–H groups in total. The molecule has 2 heterocycles. The average Bonchev–Trinajstić information content (AvgIpc) is 3.37. The van der Waals surface area contributed by atoms with Gasteiger partial charge in [-0.1, -0.05) is 30.3 Å². The van der Waals surface area contributed by atoms with Gasteiger partial charge in [0.15, 0.2) is 0 Å². The average molecular weight is 486 g/mol. The fourth-order valence-corrected chi connectivity index (χ4v) is 5.55. The Morgan fingerprint density at radius 3 is 2.22 bits per heavy atom. The number of carbonyl (C=O) groups is 1. The van der Waals surface area contributed by atoms with E-state index in [2.05, 4.69) is 58.3 Å². The van der Waals surface area contributed by atoms with Crippen LogP contribution in [0.4, 0.5) is 5.69 Å². The number of amides is 1.